The van der Waals surface area contributed by atoms with Crippen molar-refractivity contribution in [1.82, 2.24) is 14.9 Å². The molecule has 0 saturated heterocycles. The molecular formula is C31H38FN3O4S. The van der Waals surface area contributed by atoms with Gasteiger partial charge >= 0.3 is 0 Å². The molecule has 3 rings (SSSR count). The zero-order valence-corrected chi connectivity index (χ0v) is 23.9. The van der Waals surface area contributed by atoms with E-state index in [9.17, 15) is 22.4 Å². The minimum atomic E-state index is -3.57. The number of rotatable bonds is 15. The molecule has 7 nitrogen and oxygen atoms in total. The average molecular weight is 568 g/mol. The second-order valence-corrected chi connectivity index (χ2v) is 11.4. The summed E-state index contributed by atoms with van der Waals surface area (Å²) in [7, 11) is -3.57. The molecule has 0 aliphatic heterocycles. The third-order valence-corrected chi connectivity index (χ3v) is 8.12. The van der Waals surface area contributed by atoms with E-state index in [1.54, 1.807) is 36.1 Å². The van der Waals surface area contributed by atoms with Gasteiger partial charge in [0.2, 0.25) is 21.8 Å². The molecule has 9 heteroatoms. The van der Waals surface area contributed by atoms with E-state index in [4.69, 9.17) is 0 Å². The quantitative estimate of drug-likeness (QED) is 0.262. The van der Waals surface area contributed by atoms with Crippen LogP contribution in [0.25, 0.3) is 0 Å². The van der Waals surface area contributed by atoms with Gasteiger partial charge in [0, 0.05) is 32.5 Å². The standard InChI is InChI=1S/C31H38FN3O4S/c1-3-5-21-33-31(37)29(22-25-9-7-6-8-10-25)35(23-26-11-16-27(32)17-12-26)30(36)20-15-24-13-18-28(19-14-24)40(38,39)34-4-2/h6-14,16-19,29,34H,3-5,15,20-23H2,1-2H3,(H,33,37). The lowest BCUT2D eigenvalue weighted by Crippen LogP contribution is -2.50. The first kappa shape index (κ1) is 31.0. The van der Waals surface area contributed by atoms with E-state index in [0.717, 1.165) is 24.0 Å². The number of benzene rings is 3. The van der Waals surface area contributed by atoms with Crippen LogP contribution in [0.1, 0.15) is 49.8 Å². The van der Waals surface area contributed by atoms with E-state index < -0.39 is 16.1 Å². The maximum Gasteiger partial charge on any atom is 0.243 e. The van der Waals surface area contributed by atoms with Gasteiger partial charge in [0.05, 0.1) is 4.90 Å². The maximum atomic E-state index is 13.7. The number of amides is 2. The van der Waals surface area contributed by atoms with Crippen molar-refractivity contribution in [3.05, 3.63) is 101 Å². The lowest BCUT2D eigenvalue weighted by Gasteiger charge is -2.31. The van der Waals surface area contributed by atoms with Crippen LogP contribution < -0.4 is 10.0 Å². The van der Waals surface area contributed by atoms with Gasteiger partial charge < -0.3 is 10.2 Å². The Hall–Kier alpha value is -3.56. The van der Waals surface area contributed by atoms with Gasteiger partial charge in [0.25, 0.3) is 0 Å². The number of nitrogens with zero attached hydrogens (tertiary/aromatic N) is 1. The normalized spacial score (nSPS) is 12.1. The first-order valence-corrected chi connectivity index (χ1v) is 15.2. The van der Waals surface area contributed by atoms with Crippen molar-refractivity contribution < 1.29 is 22.4 Å². The van der Waals surface area contributed by atoms with Crippen molar-refractivity contribution >= 4 is 21.8 Å². The molecule has 3 aromatic carbocycles. The SMILES string of the molecule is CCCCNC(=O)C(Cc1ccccc1)N(Cc1ccc(F)cc1)C(=O)CCc1ccc(S(=O)(=O)NCC)cc1. The van der Waals surface area contributed by atoms with Crippen LogP contribution in [0.15, 0.2) is 83.8 Å². The summed E-state index contributed by atoms with van der Waals surface area (Å²) in [4.78, 5) is 28.9. The molecule has 0 aromatic heterocycles. The molecule has 0 heterocycles. The van der Waals surface area contributed by atoms with Crippen LogP contribution in [0.2, 0.25) is 0 Å². The highest BCUT2D eigenvalue weighted by Gasteiger charge is 2.30. The molecule has 0 radical (unpaired) electrons. The molecule has 0 aliphatic carbocycles. The maximum absolute atomic E-state index is 13.7. The van der Waals surface area contributed by atoms with E-state index in [-0.39, 0.29) is 35.5 Å². The van der Waals surface area contributed by atoms with Crippen molar-refractivity contribution in [2.75, 3.05) is 13.1 Å². The minimum absolute atomic E-state index is 0.119. The fourth-order valence-corrected chi connectivity index (χ4v) is 5.39. The molecule has 1 unspecified atom stereocenters. The highest BCUT2D eigenvalue weighted by Crippen LogP contribution is 2.18. The molecule has 0 spiro atoms. The van der Waals surface area contributed by atoms with Gasteiger partial charge in [-0.3, -0.25) is 9.59 Å². The summed E-state index contributed by atoms with van der Waals surface area (Å²) in [6.07, 6.45) is 2.58. The van der Waals surface area contributed by atoms with Crippen molar-refractivity contribution in [1.29, 1.82) is 0 Å². The van der Waals surface area contributed by atoms with Crippen molar-refractivity contribution in [3.63, 3.8) is 0 Å². The smallest absolute Gasteiger partial charge is 0.243 e. The molecule has 214 valence electrons. The third-order valence-electron chi connectivity index (χ3n) is 6.56. The molecule has 2 amide bonds. The predicted octanol–water partition coefficient (Wildman–Crippen LogP) is 4.61. The first-order chi connectivity index (χ1) is 19.2. The second-order valence-electron chi connectivity index (χ2n) is 9.64. The molecule has 0 aliphatic rings. The Bertz CT molecular complexity index is 1330. The van der Waals surface area contributed by atoms with E-state index in [1.165, 1.54) is 24.3 Å². The van der Waals surface area contributed by atoms with E-state index in [0.29, 0.717) is 31.5 Å². The topological polar surface area (TPSA) is 95.6 Å². The molecule has 3 aromatic rings. The lowest BCUT2D eigenvalue weighted by molar-refractivity contribution is -0.141. The van der Waals surface area contributed by atoms with Gasteiger partial charge in [-0.05, 0) is 53.8 Å². The Morgan fingerprint density at radius 2 is 1.52 bits per heavy atom. The highest BCUT2D eigenvalue weighted by atomic mass is 32.2. The van der Waals surface area contributed by atoms with Gasteiger partial charge in [0.15, 0.2) is 0 Å². The predicted molar refractivity (Wildman–Crippen MR) is 154 cm³/mol. The van der Waals surface area contributed by atoms with Gasteiger partial charge in [-0.1, -0.05) is 74.9 Å². The average Bonchev–Trinajstić information content (AvgIpc) is 2.95. The summed E-state index contributed by atoms with van der Waals surface area (Å²) < 4.78 is 40.5. The Labute approximate surface area is 236 Å². The molecule has 0 fully saturated rings. The van der Waals surface area contributed by atoms with Crippen molar-refractivity contribution in [2.24, 2.45) is 0 Å². The van der Waals surface area contributed by atoms with Gasteiger partial charge in [-0.15, -0.1) is 0 Å². The number of nitrogens with one attached hydrogen (secondary N) is 2. The molecule has 0 bridgehead atoms. The molecular weight excluding hydrogens is 529 g/mol. The Morgan fingerprint density at radius 3 is 2.15 bits per heavy atom. The molecule has 40 heavy (non-hydrogen) atoms. The number of halogens is 1. The van der Waals surface area contributed by atoms with Crippen LogP contribution in [0, 0.1) is 5.82 Å². The van der Waals surface area contributed by atoms with Crippen LogP contribution in [0.5, 0.6) is 0 Å². The van der Waals surface area contributed by atoms with Crippen LogP contribution >= 0.6 is 0 Å². The molecule has 0 saturated carbocycles. The number of unbranched alkanes of at least 4 members (excludes halogenated alkanes) is 1. The lowest BCUT2D eigenvalue weighted by atomic mass is 10.0. The van der Waals surface area contributed by atoms with Crippen molar-refractivity contribution in [3.8, 4) is 0 Å². The largest absolute Gasteiger partial charge is 0.354 e. The number of hydrogen-bond acceptors (Lipinski definition) is 4. The van der Waals surface area contributed by atoms with Gasteiger partial charge in [-0.2, -0.15) is 0 Å². The molecule has 1 atom stereocenters. The number of sulfonamides is 1. The van der Waals surface area contributed by atoms with Gasteiger partial charge in [-0.25, -0.2) is 17.5 Å². The van der Waals surface area contributed by atoms with E-state index >= 15 is 0 Å². The Morgan fingerprint density at radius 1 is 0.875 bits per heavy atom. The summed E-state index contributed by atoms with van der Waals surface area (Å²) >= 11 is 0. The fraction of sp³-hybridized carbons (Fsp3) is 0.355. The van der Waals surface area contributed by atoms with Crippen LogP contribution in [0.4, 0.5) is 4.39 Å². The second kappa shape index (κ2) is 15.3. The van der Waals surface area contributed by atoms with Crippen LogP contribution in [-0.2, 0) is 39.0 Å². The number of aryl methyl sites for hydroxylation is 1. The summed E-state index contributed by atoms with van der Waals surface area (Å²) in [5, 5.41) is 2.98. The number of hydrogen-bond donors (Lipinski definition) is 2. The Balaban J connectivity index is 1.85. The number of carbonyl (C=O) groups excluding carboxylic acids is 2. The molecule has 2 N–H and O–H groups in total. The van der Waals surface area contributed by atoms with E-state index in [1.807, 2.05) is 37.3 Å². The summed E-state index contributed by atoms with van der Waals surface area (Å²) in [5.41, 5.74) is 2.44. The minimum Gasteiger partial charge on any atom is -0.354 e. The third kappa shape index (κ3) is 9.27. The van der Waals surface area contributed by atoms with E-state index in [2.05, 4.69) is 10.0 Å². The van der Waals surface area contributed by atoms with Crippen LogP contribution in [-0.4, -0.2) is 44.3 Å². The van der Waals surface area contributed by atoms with Gasteiger partial charge in [0.1, 0.15) is 11.9 Å². The zero-order chi connectivity index (χ0) is 29.0. The zero-order valence-electron chi connectivity index (χ0n) is 23.1. The monoisotopic (exact) mass is 567 g/mol. The van der Waals surface area contributed by atoms with Crippen LogP contribution in [0.3, 0.4) is 0 Å². The number of carbonyl (C=O) groups is 2. The summed E-state index contributed by atoms with van der Waals surface area (Å²) in [6.45, 7) is 4.71. The summed E-state index contributed by atoms with van der Waals surface area (Å²) in [5.74, 6) is -0.828. The Kier molecular flexibility index (Phi) is 11.8. The highest BCUT2D eigenvalue weighted by molar-refractivity contribution is 7.89. The summed E-state index contributed by atoms with van der Waals surface area (Å²) in [6, 6.07) is 21.1. The van der Waals surface area contributed by atoms with Crippen molar-refractivity contribution in [2.45, 2.75) is 63.4 Å². The fourth-order valence-electron chi connectivity index (χ4n) is 4.35. The first-order valence-electron chi connectivity index (χ1n) is 13.7.